The number of aromatic nitrogens is 1. The monoisotopic (exact) mass is 175 g/mol. The number of aliphatic hydroxyl groups excluding tert-OH is 1. The molecule has 2 rings (SSSR count). The highest BCUT2D eigenvalue weighted by Crippen LogP contribution is 2.17. The van der Waals surface area contributed by atoms with Gasteiger partial charge in [-0.15, -0.1) is 0 Å². The van der Waals surface area contributed by atoms with Crippen LogP contribution in [0.5, 0.6) is 0 Å². The van der Waals surface area contributed by atoms with E-state index in [2.05, 4.69) is 29.8 Å². The maximum atomic E-state index is 8.95. The molecule has 1 aromatic carbocycles. The summed E-state index contributed by atoms with van der Waals surface area (Å²) in [5.41, 5.74) is 2.21. The van der Waals surface area contributed by atoms with Crippen molar-refractivity contribution in [1.82, 2.24) is 4.57 Å². The van der Waals surface area contributed by atoms with Crippen LogP contribution in [0.2, 0.25) is 0 Å². The zero-order chi connectivity index (χ0) is 9.26. The molecular formula is C11H13NO. The molecule has 0 radical (unpaired) electrons. The number of fused-ring (bicyclic) bond motifs is 1. The summed E-state index contributed by atoms with van der Waals surface area (Å²) in [6.45, 7) is 3.23. The topological polar surface area (TPSA) is 25.2 Å². The van der Waals surface area contributed by atoms with Gasteiger partial charge in [-0.3, -0.25) is 0 Å². The highest BCUT2D eigenvalue weighted by Gasteiger charge is 1.99. The molecule has 1 aromatic heterocycles. The second-order valence-corrected chi connectivity index (χ2v) is 3.15. The van der Waals surface area contributed by atoms with Gasteiger partial charge in [0.15, 0.2) is 0 Å². The van der Waals surface area contributed by atoms with Gasteiger partial charge in [-0.2, -0.15) is 0 Å². The third-order valence-electron chi connectivity index (χ3n) is 2.36. The van der Waals surface area contributed by atoms with E-state index < -0.39 is 0 Å². The third-order valence-corrected chi connectivity index (χ3v) is 2.36. The van der Waals surface area contributed by atoms with Gasteiger partial charge in [0.25, 0.3) is 0 Å². The fraction of sp³-hybridized carbons (Fsp3) is 0.273. The van der Waals surface area contributed by atoms with Crippen molar-refractivity contribution in [1.29, 1.82) is 0 Å². The molecule has 68 valence electrons. The number of nitrogens with zero attached hydrogens (tertiary/aromatic N) is 1. The molecule has 0 aliphatic rings. The molecule has 0 bridgehead atoms. The lowest BCUT2D eigenvalue weighted by Gasteiger charge is -2.01. The minimum absolute atomic E-state index is 0.118. The summed E-state index contributed by atoms with van der Waals surface area (Å²) >= 11 is 0. The van der Waals surface area contributed by atoms with Crippen LogP contribution in [-0.4, -0.2) is 9.67 Å². The smallest absolute Gasteiger partial charge is 0.0682 e. The molecule has 1 heterocycles. The average molecular weight is 175 g/mol. The van der Waals surface area contributed by atoms with E-state index in [4.69, 9.17) is 5.11 Å². The van der Waals surface area contributed by atoms with Gasteiger partial charge in [-0.25, -0.2) is 0 Å². The van der Waals surface area contributed by atoms with Crippen LogP contribution >= 0.6 is 0 Å². The molecule has 2 heteroatoms. The first-order valence-electron chi connectivity index (χ1n) is 4.53. The van der Waals surface area contributed by atoms with Gasteiger partial charge in [0.05, 0.1) is 6.61 Å². The first-order chi connectivity index (χ1) is 6.35. The summed E-state index contributed by atoms with van der Waals surface area (Å²) in [5, 5.41) is 10.2. The Hall–Kier alpha value is -1.28. The number of hydrogen-bond donors (Lipinski definition) is 1. The average Bonchev–Trinajstić information content (AvgIpc) is 2.59. The van der Waals surface area contributed by atoms with Crippen LogP contribution in [0.25, 0.3) is 10.9 Å². The Bertz CT molecular complexity index is 417. The molecule has 0 unspecified atom stereocenters. The van der Waals surface area contributed by atoms with Crippen molar-refractivity contribution in [3.63, 3.8) is 0 Å². The lowest BCUT2D eigenvalue weighted by atomic mass is 10.2. The molecule has 0 amide bonds. The van der Waals surface area contributed by atoms with Gasteiger partial charge in [-0.05, 0) is 36.1 Å². The Morgan fingerprint density at radius 2 is 2.15 bits per heavy atom. The van der Waals surface area contributed by atoms with E-state index in [1.807, 2.05) is 12.1 Å². The first-order valence-corrected chi connectivity index (χ1v) is 4.53. The summed E-state index contributed by atoms with van der Waals surface area (Å²) in [7, 11) is 0. The molecule has 0 aliphatic carbocycles. The van der Waals surface area contributed by atoms with Crippen LogP contribution in [0, 0.1) is 0 Å². The second kappa shape index (κ2) is 3.23. The van der Waals surface area contributed by atoms with Gasteiger partial charge in [0, 0.05) is 18.3 Å². The van der Waals surface area contributed by atoms with E-state index in [0.29, 0.717) is 0 Å². The number of aryl methyl sites for hydroxylation is 1. The fourth-order valence-electron chi connectivity index (χ4n) is 1.62. The first kappa shape index (κ1) is 8.32. The van der Waals surface area contributed by atoms with Crippen LogP contribution in [0.1, 0.15) is 12.5 Å². The molecule has 13 heavy (non-hydrogen) atoms. The molecular weight excluding hydrogens is 162 g/mol. The summed E-state index contributed by atoms with van der Waals surface area (Å²) in [5.74, 6) is 0. The van der Waals surface area contributed by atoms with Gasteiger partial charge in [0.1, 0.15) is 0 Å². The number of rotatable bonds is 2. The maximum absolute atomic E-state index is 8.95. The van der Waals surface area contributed by atoms with Crippen LogP contribution in [0.3, 0.4) is 0 Å². The maximum Gasteiger partial charge on any atom is 0.0682 e. The molecule has 2 aromatic rings. The van der Waals surface area contributed by atoms with Crippen molar-refractivity contribution < 1.29 is 5.11 Å². The molecule has 0 saturated heterocycles. The predicted molar refractivity (Wildman–Crippen MR) is 53.5 cm³/mol. The van der Waals surface area contributed by atoms with Crippen molar-refractivity contribution in [2.24, 2.45) is 0 Å². The van der Waals surface area contributed by atoms with Crippen LogP contribution < -0.4 is 0 Å². The normalized spacial score (nSPS) is 10.9. The van der Waals surface area contributed by atoms with E-state index in [0.717, 1.165) is 12.1 Å². The van der Waals surface area contributed by atoms with Crippen molar-refractivity contribution in [2.45, 2.75) is 20.1 Å². The lowest BCUT2D eigenvalue weighted by Crippen LogP contribution is -1.90. The van der Waals surface area contributed by atoms with Crippen molar-refractivity contribution in [2.75, 3.05) is 0 Å². The Kier molecular flexibility index (Phi) is 2.07. The summed E-state index contributed by atoms with van der Waals surface area (Å²) in [6.07, 6.45) is 2.08. The fourth-order valence-corrected chi connectivity index (χ4v) is 1.62. The highest BCUT2D eigenvalue weighted by molar-refractivity contribution is 5.80. The standard InChI is InChI=1S/C11H13NO/c1-2-12-6-5-10-7-9(8-13)3-4-11(10)12/h3-7,13H,2,8H2,1H3. The van der Waals surface area contributed by atoms with E-state index >= 15 is 0 Å². The van der Waals surface area contributed by atoms with Gasteiger partial charge in [0.2, 0.25) is 0 Å². The van der Waals surface area contributed by atoms with Crippen LogP contribution in [-0.2, 0) is 13.2 Å². The number of aliphatic hydroxyl groups is 1. The van der Waals surface area contributed by atoms with E-state index in [1.54, 1.807) is 0 Å². The van der Waals surface area contributed by atoms with E-state index in [9.17, 15) is 0 Å². The zero-order valence-corrected chi connectivity index (χ0v) is 7.70. The Morgan fingerprint density at radius 1 is 1.31 bits per heavy atom. The molecule has 1 N–H and O–H groups in total. The van der Waals surface area contributed by atoms with Gasteiger partial charge >= 0.3 is 0 Å². The molecule has 2 nitrogen and oxygen atoms in total. The Labute approximate surface area is 77.4 Å². The highest BCUT2D eigenvalue weighted by atomic mass is 16.3. The van der Waals surface area contributed by atoms with Gasteiger partial charge < -0.3 is 9.67 Å². The SMILES string of the molecule is CCn1ccc2cc(CO)ccc21. The molecule has 0 atom stereocenters. The van der Waals surface area contributed by atoms with Crippen molar-refractivity contribution in [3.8, 4) is 0 Å². The van der Waals surface area contributed by atoms with E-state index in [1.165, 1.54) is 10.9 Å². The molecule has 0 saturated carbocycles. The molecule has 0 spiro atoms. The van der Waals surface area contributed by atoms with Crippen LogP contribution in [0.4, 0.5) is 0 Å². The van der Waals surface area contributed by atoms with E-state index in [-0.39, 0.29) is 6.61 Å². The second-order valence-electron chi connectivity index (χ2n) is 3.15. The molecule has 0 aliphatic heterocycles. The van der Waals surface area contributed by atoms with Crippen molar-refractivity contribution in [3.05, 3.63) is 36.0 Å². The largest absolute Gasteiger partial charge is 0.392 e. The summed E-state index contributed by atoms with van der Waals surface area (Å²) < 4.78 is 2.19. The predicted octanol–water partition coefficient (Wildman–Crippen LogP) is 2.15. The van der Waals surface area contributed by atoms with Crippen LogP contribution in [0.15, 0.2) is 30.5 Å². The minimum Gasteiger partial charge on any atom is -0.392 e. The minimum atomic E-state index is 0.118. The lowest BCUT2D eigenvalue weighted by molar-refractivity contribution is 0.282. The molecule has 0 fully saturated rings. The van der Waals surface area contributed by atoms with Crippen molar-refractivity contribution >= 4 is 10.9 Å². The quantitative estimate of drug-likeness (QED) is 0.743. The van der Waals surface area contributed by atoms with Gasteiger partial charge in [-0.1, -0.05) is 6.07 Å². The Balaban J connectivity index is 2.61. The third kappa shape index (κ3) is 1.33. The summed E-state index contributed by atoms with van der Waals surface area (Å²) in [4.78, 5) is 0. The Morgan fingerprint density at radius 3 is 2.85 bits per heavy atom. The number of hydrogen-bond acceptors (Lipinski definition) is 1. The number of benzene rings is 1. The zero-order valence-electron chi connectivity index (χ0n) is 7.70. The summed E-state index contributed by atoms with van der Waals surface area (Å²) in [6, 6.07) is 8.14.